The minimum Gasteiger partial charge on any atom is -0.495 e. The summed E-state index contributed by atoms with van der Waals surface area (Å²) in [6.07, 6.45) is 3.47. The van der Waals surface area contributed by atoms with Crippen LogP contribution >= 0.6 is 0 Å². The fourth-order valence-electron chi connectivity index (χ4n) is 2.29. The maximum absolute atomic E-state index is 11.8. The van der Waals surface area contributed by atoms with Crippen molar-refractivity contribution < 1.29 is 9.53 Å². The second-order valence-electron chi connectivity index (χ2n) is 4.60. The molecular weight excluding hydrogens is 254 g/mol. The summed E-state index contributed by atoms with van der Waals surface area (Å²) in [5.41, 5.74) is 1.09. The molecule has 1 aliphatic rings. The van der Waals surface area contributed by atoms with Gasteiger partial charge in [-0.05, 0) is 19.1 Å². The number of hydrogen-bond donors (Lipinski definition) is 1. The van der Waals surface area contributed by atoms with E-state index in [0.29, 0.717) is 13.1 Å². The van der Waals surface area contributed by atoms with E-state index in [0.717, 1.165) is 24.5 Å². The predicted molar refractivity (Wildman–Crippen MR) is 80.1 cm³/mol. The summed E-state index contributed by atoms with van der Waals surface area (Å²) in [5, 5.41) is 2.74. The number of ether oxygens (including phenoxy) is 1. The summed E-state index contributed by atoms with van der Waals surface area (Å²) in [7, 11) is 1.68. The third-order valence-corrected chi connectivity index (χ3v) is 3.37. The predicted octanol–water partition coefficient (Wildman–Crippen LogP) is 2.06. The largest absolute Gasteiger partial charge is 0.495 e. The van der Waals surface area contributed by atoms with Gasteiger partial charge in [-0.1, -0.05) is 18.2 Å². The summed E-state index contributed by atoms with van der Waals surface area (Å²) in [6, 6.07) is 7.93. The Balaban J connectivity index is 1.95. The van der Waals surface area contributed by atoms with Crippen molar-refractivity contribution >= 4 is 11.7 Å². The van der Waals surface area contributed by atoms with Crippen LogP contribution in [0.2, 0.25) is 0 Å². The molecule has 20 heavy (non-hydrogen) atoms. The first-order valence-electron chi connectivity index (χ1n) is 6.81. The molecule has 1 fully saturated rings. The number of nitrogens with zero attached hydrogens (tertiary/aromatic N) is 2. The van der Waals surface area contributed by atoms with Gasteiger partial charge in [0, 0.05) is 32.4 Å². The molecule has 2 rings (SSSR count). The Labute approximate surface area is 119 Å². The smallest absolute Gasteiger partial charge is 0.321 e. The molecule has 2 amide bonds. The number of urea groups is 1. The number of para-hydroxylation sites is 2. The van der Waals surface area contributed by atoms with Crippen molar-refractivity contribution in [1.29, 1.82) is 0 Å². The molecule has 1 aliphatic heterocycles. The summed E-state index contributed by atoms with van der Waals surface area (Å²) >= 11 is 0. The molecule has 1 aromatic carbocycles. The number of carbonyl (C=O) groups excluding carboxylic acids is 1. The molecule has 0 radical (unpaired) electrons. The van der Waals surface area contributed by atoms with E-state index in [1.165, 1.54) is 0 Å². The van der Waals surface area contributed by atoms with Crippen LogP contribution in [0.1, 0.15) is 6.92 Å². The lowest BCUT2D eigenvalue weighted by Gasteiger charge is -2.36. The van der Waals surface area contributed by atoms with Gasteiger partial charge < -0.3 is 19.9 Å². The van der Waals surface area contributed by atoms with Gasteiger partial charge in [-0.15, -0.1) is 0 Å². The molecule has 5 heteroatoms. The molecule has 1 aromatic rings. The summed E-state index contributed by atoms with van der Waals surface area (Å²) in [5.74, 6) is 0.874. The van der Waals surface area contributed by atoms with E-state index >= 15 is 0 Å². The van der Waals surface area contributed by atoms with Gasteiger partial charge in [0.25, 0.3) is 0 Å². The molecule has 1 saturated heterocycles. The number of benzene rings is 1. The summed E-state index contributed by atoms with van der Waals surface area (Å²) < 4.78 is 5.38. The van der Waals surface area contributed by atoms with Gasteiger partial charge in [-0.25, -0.2) is 4.79 Å². The Hall–Kier alpha value is -2.17. The first kappa shape index (κ1) is 14.2. The fourth-order valence-corrected chi connectivity index (χ4v) is 2.29. The molecule has 0 saturated carbocycles. The van der Waals surface area contributed by atoms with E-state index in [9.17, 15) is 4.79 Å². The zero-order valence-electron chi connectivity index (χ0n) is 12.0. The number of amides is 2. The van der Waals surface area contributed by atoms with Crippen molar-refractivity contribution in [3.8, 4) is 5.75 Å². The summed E-state index contributed by atoms with van der Waals surface area (Å²) in [6.45, 7) is 4.91. The molecule has 5 nitrogen and oxygen atoms in total. The van der Waals surface area contributed by atoms with Crippen LogP contribution in [0.5, 0.6) is 5.75 Å². The standard InChI is InChI=1S/C15H21N3O2/c1-3-8-16-15(19)18-11-9-17(10-12-18)13-6-4-5-7-14(13)20-2/h3-8H,9-12H2,1-2H3,(H,16,19)/b8-3+. The Kier molecular flexibility index (Phi) is 4.87. The average Bonchev–Trinajstić information content (AvgIpc) is 2.52. The SMILES string of the molecule is C/C=C/NC(=O)N1CCN(c2ccccc2OC)CC1. The van der Waals surface area contributed by atoms with E-state index in [1.54, 1.807) is 13.3 Å². The zero-order chi connectivity index (χ0) is 14.4. The normalized spacial score (nSPS) is 15.5. The number of methoxy groups -OCH3 is 1. The Morgan fingerprint density at radius 1 is 1.25 bits per heavy atom. The van der Waals surface area contributed by atoms with Crippen molar-refractivity contribution in [3.63, 3.8) is 0 Å². The van der Waals surface area contributed by atoms with Gasteiger partial charge in [0.1, 0.15) is 5.75 Å². The molecule has 0 spiro atoms. The molecule has 1 N–H and O–H groups in total. The zero-order valence-corrected chi connectivity index (χ0v) is 12.0. The highest BCUT2D eigenvalue weighted by Gasteiger charge is 2.22. The number of rotatable bonds is 3. The van der Waals surface area contributed by atoms with Crippen LogP contribution in [0, 0.1) is 0 Å². The molecule has 0 aliphatic carbocycles. The lowest BCUT2D eigenvalue weighted by Crippen LogP contribution is -2.51. The van der Waals surface area contributed by atoms with Crippen molar-refractivity contribution in [3.05, 3.63) is 36.5 Å². The highest BCUT2D eigenvalue weighted by atomic mass is 16.5. The van der Waals surface area contributed by atoms with Crippen LogP contribution in [0.4, 0.5) is 10.5 Å². The minimum atomic E-state index is -0.0391. The molecule has 1 heterocycles. The van der Waals surface area contributed by atoms with E-state index in [-0.39, 0.29) is 6.03 Å². The maximum atomic E-state index is 11.8. The number of nitrogens with one attached hydrogen (secondary N) is 1. The number of allylic oxidation sites excluding steroid dienone is 1. The topological polar surface area (TPSA) is 44.8 Å². The fraction of sp³-hybridized carbons (Fsp3) is 0.400. The monoisotopic (exact) mass is 275 g/mol. The van der Waals surface area contributed by atoms with E-state index < -0.39 is 0 Å². The van der Waals surface area contributed by atoms with Crippen molar-refractivity contribution in [1.82, 2.24) is 10.2 Å². The third-order valence-electron chi connectivity index (χ3n) is 3.37. The lowest BCUT2D eigenvalue weighted by molar-refractivity contribution is 0.198. The van der Waals surface area contributed by atoms with Crippen molar-refractivity contribution in [2.45, 2.75) is 6.92 Å². The highest BCUT2D eigenvalue weighted by Crippen LogP contribution is 2.28. The van der Waals surface area contributed by atoms with Crippen LogP contribution in [-0.2, 0) is 0 Å². The Morgan fingerprint density at radius 2 is 1.95 bits per heavy atom. The molecule has 0 atom stereocenters. The molecule has 0 unspecified atom stereocenters. The summed E-state index contributed by atoms with van der Waals surface area (Å²) in [4.78, 5) is 15.9. The quantitative estimate of drug-likeness (QED) is 0.918. The first-order chi connectivity index (χ1) is 9.76. The van der Waals surface area contributed by atoms with Crippen molar-refractivity contribution in [2.24, 2.45) is 0 Å². The molecule has 108 valence electrons. The average molecular weight is 275 g/mol. The Bertz CT molecular complexity index is 480. The van der Waals surface area contributed by atoms with Gasteiger partial charge in [0.2, 0.25) is 0 Å². The van der Waals surface area contributed by atoms with Crippen LogP contribution in [0.25, 0.3) is 0 Å². The van der Waals surface area contributed by atoms with Gasteiger partial charge in [0.15, 0.2) is 0 Å². The molecular formula is C15H21N3O2. The van der Waals surface area contributed by atoms with E-state index in [2.05, 4.69) is 10.2 Å². The second-order valence-corrected chi connectivity index (χ2v) is 4.60. The van der Waals surface area contributed by atoms with E-state index in [1.807, 2.05) is 42.2 Å². The first-order valence-corrected chi connectivity index (χ1v) is 6.81. The number of hydrogen-bond acceptors (Lipinski definition) is 3. The van der Waals surface area contributed by atoms with Crippen LogP contribution in [0.15, 0.2) is 36.5 Å². The van der Waals surface area contributed by atoms with Crippen LogP contribution in [-0.4, -0.2) is 44.2 Å². The van der Waals surface area contributed by atoms with Gasteiger partial charge >= 0.3 is 6.03 Å². The van der Waals surface area contributed by atoms with Crippen LogP contribution < -0.4 is 15.0 Å². The Morgan fingerprint density at radius 3 is 2.60 bits per heavy atom. The van der Waals surface area contributed by atoms with Gasteiger partial charge in [-0.3, -0.25) is 0 Å². The number of piperazine rings is 1. The molecule has 0 aromatic heterocycles. The van der Waals surface area contributed by atoms with Crippen molar-refractivity contribution in [2.75, 3.05) is 38.2 Å². The van der Waals surface area contributed by atoms with E-state index in [4.69, 9.17) is 4.74 Å². The number of carbonyl (C=O) groups is 1. The van der Waals surface area contributed by atoms with Gasteiger partial charge in [-0.2, -0.15) is 0 Å². The minimum absolute atomic E-state index is 0.0391. The lowest BCUT2D eigenvalue weighted by atomic mass is 10.2. The third kappa shape index (κ3) is 3.23. The number of anilines is 1. The highest BCUT2D eigenvalue weighted by molar-refractivity contribution is 5.75. The molecule has 0 bridgehead atoms. The maximum Gasteiger partial charge on any atom is 0.321 e. The van der Waals surface area contributed by atoms with Crippen LogP contribution in [0.3, 0.4) is 0 Å². The second kappa shape index (κ2) is 6.84. The van der Waals surface area contributed by atoms with Gasteiger partial charge in [0.05, 0.1) is 12.8 Å².